The van der Waals surface area contributed by atoms with Crippen LogP contribution in [0.15, 0.2) is 6.08 Å². The molecule has 0 nitrogen and oxygen atoms in total. The third kappa shape index (κ3) is 1.77. The van der Waals surface area contributed by atoms with Crippen LogP contribution in [-0.2, 0) is 0 Å². The molecule has 0 aromatic carbocycles. The van der Waals surface area contributed by atoms with Crippen molar-refractivity contribution in [3.8, 4) is 0 Å². The highest BCUT2D eigenvalue weighted by molar-refractivity contribution is 4.76. The van der Waals surface area contributed by atoms with E-state index in [1.165, 1.54) is 19.3 Å². The van der Waals surface area contributed by atoms with Crippen molar-refractivity contribution in [1.82, 2.24) is 0 Å². The molecule has 39 valence electrons. The van der Waals surface area contributed by atoms with E-state index < -0.39 is 0 Å². The van der Waals surface area contributed by atoms with Crippen molar-refractivity contribution in [3.05, 3.63) is 12.7 Å². The molecule has 0 aliphatic heterocycles. The highest BCUT2D eigenvalue weighted by atomic mass is 14.2. The second kappa shape index (κ2) is 2.15. The fraction of sp³-hybridized carbons (Fsp3) is 0.714. The first kappa shape index (κ1) is 4.89. The van der Waals surface area contributed by atoms with E-state index >= 15 is 0 Å². The van der Waals surface area contributed by atoms with Crippen LogP contribution in [0.25, 0.3) is 0 Å². The topological polar surface area (TPSA) is 0 Å². The maximum Gasteiger partial charge on any atom is -0.0345 e. The molecule has 0 atom stereocenters. The lowest BCUT2D eigenvalue weighted by atomic mass is 10.2. The van der Waals surface area contributed by atoms with Gasteiger partial charge < -0.3 is 0 Å². The molecule has 1 fully saturated rings. The summed E-state index contributed by atoms with van der Waals surface area (Å²) >= 11 is 0. The Morgan fingerprint density at radius 1 is 1.57 bits per heavy atom. The summed E-state index contributed by atoms with van der Waals surface area (Å²) in [5, 5.41) is 0. The third-order valence-electron chi connectivity index (χ3n) is 1.44. The maximum absolute atomic E-state index is 5.18. The van der Waals surface area contributed by atoms with Crippen LogP contribution in [-0.4, -0.2) is 0 Å². The molecule has 0 N–H and O–H groups in total. The molecule has 1 aliphatic rings. The van der Waals surface area contributed by atoms with Gasteiger partial charge in [-0.05, 0) is 18.8 Å². The van der Waals surface area contributed by atoms with Gasteiger partial charge in [-0.25, -0.2) is 0 Å². The van der Waals surface area contributed by atoms with Gasteiger partial charge in [0.1, 0.15) is 0 Å². The van der Waals surface area contributed by atoms with E-state index in [-0.39, 0.29) is 0 Å². The van der Waals surface area contributed by atoms with Gasteiger partial charge in [-0.1, -0.05) is 25.5 Å². The molecule has 0 aromatic rings. The minimum atomic E-state index is 1.04. The van der Waals surface area contributed by atoms with E-state index in [0.29, 0.717) is 0 Å². The molecule has 1 saturated carbocycles. The molecule has 0 aromatic heterocycles. The van der Waals surface area contributed by atoms with Crippen molar-refractivity contribution in [2.24, 2.45) is 5.92 Å². The van der Waals surface area contributed by atoms with Crippen molar-refractivity contribution in [2.45, 2.75) is 25.7 Å². The van der Waals surface area contributed by atoms with Crippen molar-refractivity contribution >= 4 is 0 Å². The Morgan fingerprint density at radius 3 is 2.71 bits per heavy atom. The highest BCUT2D eigenvalue weighted by Crippen LogP contribution is 2.33. The van der Waals surface area contributed by atoms with Crippen LogP contribution < -0.4 is 0 Å². The predicted octanol–water partition coefficient (Wildman–Crippen LogP) is 2.17. The molecule has 0 heterocycles. The van der Waals surface area contributed by atoms with Gasteiger partial charge >= 0.3 is 0 Å². The average Bonchev–Trinajstić information content (AvgIpc) is 2.42. The number of hydrogen-bond donors (Lipinski definition) is 0. The molecule has 0 heteroatoms. The second-order valence-corrected chi connectivity index (χ2v) is 2.26. The van der Waals surface area contributed by atoms with Gasteiger partial charge in [-0.2, -0.15) is 0 Å². The zero-order valence-electron chi connectivity index (χ0n) is 4.56. The Hall–Kier alpha value is -0.260. The Morgan fingerprint density at radius 2 is 2.29 bits per heavy atom. The first-order valence-electron chi connectivity index (χ1n) is 2.97. The summed E-state index contributed by atoms with van der Waals surface area (Å²) in [5.41, 5.74) is 0. The lowest BCUT2D eigenvalue weighted by Crippen LogP contribution is -1.69. The molecule has 1 aliphatic carbocycles. The van der Waals surface area contributed by atoms with Crippen LogP contribution >= 0.6 is 0 Å². The normalized spacial score (nSPS) is 19.4. The summed E-state index contributed by atoms with van der Waals surface area (Å²) in [7, 11) is 0. The van der Waals surface area contributed by atoms with E-state index in [4.69, 9.17) is 6.58 Å². The molecule has 0 saturated heterocycles. The number of hydrogen-bond acceptors (Lipinski definition) is 0. The molecule has 1 rings (SSSR count). The monoisotopic (exact) mass is 95.1 g/mol. The van der Waals surface area contributed by atoms with Gasteiger partial charge in [0.15, 0.2) is 0 Å². The third-order valence-corrected chi connectivity index (χ3v) is 1.44. The van der Waals surface area contributed by atoms with E-state index in [9.17, 15) is 0 Å². The first-order valence-corrected chi connectivity index (χ1v) is 2.97. The van der Waals surface area contributed by atoms with Gasteiger partial charge in [0.2, 0.25) is 0 Å². The minimum absolute atomic E-state index is 1.04. The SMILES string of the molecule is [CH]=CCCC1CC1. The highest BCUT2D eigenvalue weighted by Gasteiger charge is 2.19. The standard InChI is InChI=1S/C7H11/c1-2-3-4-7-5-6-7/h1-2,7H,3-6H2. The largest absolute Gasteiger partial charge is 0.0845 e. The molecule has 7 heavy (non-hydrogen) atoms. The van der Waals surface area contributed by atoms with Crippen LogP contribution in [0.3, 0.4) is 0 Å². The summed E-state index contributed by atoms with van der Waals surface area (Å²) < 4.78 is 0. The van der Waals surface area contributed by atoms with Crippen LogP contribution in [0.4, 0.5) is 0 Å². The van der Waals surface area contributed by atoms with Crippen LogP contribution in [0.1, 0.15) is 25.7 Å². The fourth-order valence-corrected chi connectivity index (χ4v) is 0.738. The number of allylic oxidation sites excluding steroid dienone is 1. The Bertz CT molecular complexity index is 60.4. The van der Waals surface area contributed by atoms with Crippen molar-refractivity contribution in [3.63, 3.8) is 0 Å². The number of rotatable bonds is 3. The molecule has 0 bridgehead atoms. The van der Waals surface area contributed by atoms with Gasteiger partial charge in [-0.15, -0.1) is 0 Å². The van der Waals surface area contributed by atoms with Crippen molar-refractivity contribution in [2.75, 3.05) is 0 Å². The maximum atomic E-state index is 5.18. The van der Waals surface area contributed by atoms with Crippen LogP contribution in [0.5, 0.6) is 0 Å². The second-order valence-electron chi connectivity index (χ2n) is 2.26. The predicted molar refractivity (Wildman–Crippen MR) is 30.8 cm³/mol. The lowest BCUT2D eigenvalue weighted by molar-refractivity contribution is 0.742. The van der Waals surface area contributed by atoms with Gasteiger partial charge in [-0.3, -0.25) is 0 Å². The summed E-state index contributed by atoms with van der Waals surface area (Å²) in [4.78, 5) is 0. The summed E-state index contributed by atoms with van der Waals surface area (Å²) in [6.45, 7) is 5.18. The molecular weight excluding hydrogens is 84.1 g/mol. The van der Waals surface area contributed by atoms with Crippen molar-refractivity contribution < 1.29 is 0 Å². The van der Waals surface area contributed by atoms with E-state index in [1.54, 1.807) is 6.08 Å². The zero-order chi connectivity index (χ0) is 5.11. The Balaban J connectivity index is 1.88. The first-order chi connectivity index (χ1) is 3.43. The lowest BCUT2D eigenvalue weighted by Gasteiger charge is -1.84. The summed E-state index contributed by atoms with van der Waals surface area (Å²) in [5.74, 6) is 1.04. The van der Waals surface area contributed by atoms with Crippen LogP contribution in [0.2, 0.25) is 0 Å². The van der Waals surface area contributed by atoms with E-state index in [2.05, 4.69) is 0 Å². The van der Waals surface area contributed by atoms with Crippen LogP contribution in [0, 0.1) is 12.5 Å². The Labute approximate surface area is 45.2 Å². The summed E-state index contributed by atoms with van der Waals surface area (Å²) in [6, 6.07) is 0. The van der Waals surface area contributed by atoms with Gasteiger partial charge in [0, 0.05) is 0 Å². The average molecular weight is 95.2 g/mol. The molecular formula is C7H11. The smallest absolute Gasteiger partial charge is 0.0345 e. The molecule has 0 amide bonds. The quantitative estimate of drug-likeness (QED) is 0.504. The molecule has 0 unspecified atom stereocenters. The van der Waals surface area contributed by atoms with Gasteiger partial charge in [0.25, 0.3) is 0 Å². The minimum Gasteiger partial charge on any atom is -0.0845 e. The Kier molecular flexibility index (Phi) is 1.50. The summed E-state index contributed by atoms with van der Waals surface area (Å²) in [6.07, 6.45) is 7.11. The molecule has 0 spiro atoms. The van der Waals surface area contributed by atoms with Gasteiger partial charge in [0.05, 0.1) is 0 Å². The van der Waals surface area contributed by atoms with Crippen molar-refractivity contribution in [1.29, 1.82) is 0 Å². The van der Waals surface area contributed by atoms with E-state index in [0.717, 1.165) is 12.3 Å². The zero-order valence-corrected chi connectivity index (χ0v) is 4.56. The fourth-order valence-electron chi connectivity index (χ4n) is 0.738. The molecule has 1 radical (unpaired) electrons. The van der Waals surface area contributed by atoms with E-state index in [1.807, 2.05) is 0 Å².